The summed E-state index contributed by atoms with van der Waals surface area (Å²) in [4.78, 5) is 46.8. The van der Waals surface area contributed by atoms with E-state index in [-0.39, 0.29) is 27.8 Å². The first-order valence-electron chi connectivity index (χ1n) is 11.4. The molecule has 4 unspecified atom stereocenters. The summed E-state index contributed by atoms with van der Waals surface area (Å²) in [6.45, 7) is 5.62. The van der Waals surface area contributed by atoms with Gasteiger partial charge in [0.05, 0.1) is 5.92 Å². The molecule has 10 nitrogen and oxygen atoms in total. The van der Waals surface area contributed by atoms with Crippen LogP contribution in [-0.2, 0) is 19.0 Å². The molecular weight excluding hydrogens is 567 g/mol. The predicted octanol–water partition coefficient (Wildman–Crippen LogP) is 4.38. The molecule has 204 valence electrons. The molecule has 0 spiro atoms. The number of alkyl halides is 2. The Hall–Kier alpha value is -1.83. The highest BCUT2D eigenvalue weighted by atomic mass is 35.5. The third kappa shape index (κ3) is 8.08. The Kier molecular flexibility index (Phi) is 9.57. The minimum absolute atomic E-state index is 0.0714. The van der Waals surface area contributed by atoms with Crippen LogP contribution >= 0.6 is 45.9 Å². The first-order chi connectivity index (χ1) is 17.2. The quantitative estimate of drug-likeness (QED) is 0.290. The zero-order chi connectivity index (χ0) is 27.5. The number of esters is 3. The van der Waals surface area contributed by atoms with Crippen molar-refractivity contribution in [2.45, 2.75) is 75.2 Å². The highest BCUT2D eigenvalue weighted by Crippen LogP contribution is 2.34. The summed E-state index contributed by atoms with van der Waals surface area (Å²) in [5.74, 6) is -3.32. The number of thiazole rings is 2. The molecule has 3 rings (SSSR count). The fraction of sp³-hybridized carbons (Fsp3) is 0.609. The number of aliphatic hydroxyl groups is 2. The van der Waals surface area contributed by atoms with E-state index in [9.17, 15) is 24.6 Å². The summed E-state index contributed by atoms with van der Waals surface area (Å²) in [6, 6.07) is 0. The number of aliphatic hydroxyl groups excluding tert-OH is 1. The molecule has 1 aliphatic rings. The van der Waals surface area contributed by atoms with Gasteiger partial charge in [-0.1, -0.05) is 0 Å². The van der Waals surface area contributed by atoms with E-state index in [1.54, 1.807) is 6.92 Å². The van der Waals surface area contributed by atoms with Gasteiger partial charge in [-0.2, -0.15) is 0 Å². The topological polar surface area (TPSA) is 145 Å². The largest absolute Gasteiger partial charge is 0.458 e. The second-order valence-electron chi connectivity index (χ2n) is 9.42. The Morgan fingerprint density at radius 3 is 2.24 bits per heavy atom. The smallest absolute Gasteiger partial charge is 0.358 e. The Labute approximate surface area is 231 Å². The van der Waals surface area contributed by atoms with Crippen LogP contribution in [0.4, 0.5) is 0 Å². The molecule has 0 amide bonds. The van der Waals surface area contributed by atoms with E-state index in [0.717, 1.165) is 22.7 Å². The summed E-state index contributed by atoms with van der Waals surface area (Å²) in [5, 5.41) is 24.2. The number of cyclic esters (lactones) is 3. The zero-order valence-electron chi connectivity index (χ0n) is 20.6. The maximum atomic E-state index is 13.2. The number of hydrogen-bond acceptors (Lipinski definition) is 12. The van der Waals surface area contributed by atoms with Crippen LogP contribution in [-0.4, -0.2) is 60.7 Å². The van der Waals surface area contributed by atoms with E-state index in [0.29, 0.717) is 12.8 Å². The molecule has 4 bridgehead atoms. The average Bonchev–Trinajstić information content (AvgIpc) is 3.47. The number of nitrogens with zero attached hydrogens (tertiary/aromatic N) is 2. The molecule has 2 aromatic heterocycles. The minimum atomic E-state index is -1.56. The van der Waals surface area contributed by atoms with Crippen LogP contribution < -0.4 is 0 Å². The molecule has 2 N–H and O–H groups in total. The third-order valence-electron chi connectivity index (χ3n) is 5.51. The van der Waals surface area contributed by atoms with E-state index in [1.165, 1.54) is 31.5 Å². The van der Waals surface area contributed by atoms with Gasteiger partial charge < -0.3 is 24.4 Å². The first-order valence-corrected chi connectivity index (χ1v) is 13.9. The number of rotatable bonds is 5. The Morgan fingerprint density at radius 1 is 1.03 bits per heavy atom. The standard InChI is InChI=1S/C23H28Cl2N2O8S2/c1-11-15(6-5-7-23(4,24)25)34-21(31)13-10-36-17(26-13)14(28)8-33-20(30)12-9-37-18(27-12)16(22(2,3)32)35-19(11)29/h9-11,14-16,28,32H,5-8H2,1-4H3. The van der Waals surface area contributed by atoms with Crippen molar-refractivity contribution >= 4 is 63.8 Å². The van der Waals surface area contributed by atoms with Crippen molar-refractivity contribution in [3.63, 3.8) is 0 Å². The fourth-order valence-corrected chi connectivity index (χ4v) is 5.45. The molecule has 3 heterocycles. The van der Waals surface area contributed by atoms with Crippen LogP contribution in [0, 0.1) is 5.92 Å². The van der Waals surface area contributed by atoms with Gasteiger partial charge in [-0.15, -0.1) is 45.9 Å². The SMILES string of the molecule is CC1C(=O)OC(C(C)(C)O)c2nc(cs2)C(=O)OCC(O)c2nc(cs2)C(=O)OC1CCCC(C)(Cl)Cl. The van der Waals surface area contributed by atoms with Gasteiger partial charge in [-0.25, -0.2) is 19.6 Å². The molecular formula is C23H28Cl2N2O8S2. The van der Waals surface area contributed by atoms with Gasteiger partial charge >= 0.3 is 17.9 Å². The lowest BCUT2D eigenvalue weighted by Gasteiger charge is -2.30. The van der Waals surface area contributed by atoms with Crippen molar-refractivity contribution in [3.05, 3.63) is 32.2 Å². The van der Waals surface area contributed by atoms with Gasteiger partial charge in [-0.3, -0.25) is 4.79 Å². The number of fused-ring (bicyclic) bond motifs is 4. The summed E-state index contributed by atoms with van der Waals surface area (Å²) >= 11 is 14.1. The highest BCUT2D eigenvalue weighted by molar-refractivity contribution is 7.10. The Bertz CT molecular complexity index is 1120. The van der Waals surface area contributed by atoms with Crippen LogP contribution in [0.1, 0.15) is 90.2 Å². The van der Waals surface area contributed by atoms with Crippen LogP contribution in [0.25, 0.3) is 0 Å². The summed E-state index contributed by atoms with van der Waals surface area (Å²) in [7, 11) is 0. The van der Waals surface area contributed by atoms with Crippen LogP contribution in [0.15, 0.2) is 10.8 Å². The first kappa shape index (κ1) is 29.7. The molecule has 2 aromatic rings. The molecule has 37 heavy (non-hydrogen) atoms. The van der Waals surface area contributed by atoms with Crippen LogP contribution in [0.3, 0.4) is 0 Å². The second-order valence-corrected chi connectivity index (χ2v) is 13.1. The van der Waals surface area contributed by atoms with Gasteiger partial charge in [0, 0.05) is 10.8 Å². The maximum Gasteiger partial charge on any atom is 0.358 e. The van der Waals surface area contributed by atoms with Crippen molar-refractivity contribution in [2.75, 3.05) is 6.61 Å². The molecule has 1 aliphatic heterocycles. The number of hydrogen-bond donors (Lipinski definition) is 2. The molecule has 4 atom stereocenters. The Balaban J connectivity index is 1.96. The monoisotopic (exact) mass is 594 g/mol. The van der Waals surface area contributed by atoms with Crippen LogP contribution in [0.5, 0.6) is 0 Å². The fourth-order valence-electron chi connectivity index (χ4n) is 3.43. The zero-order valence-corrected chi connectivity index (χ0v) is 23.7. The molecule has 0 saturated heterocycles. The normalized spacial score (nSPS) is 24.2. The maximum absolute atomic E-state index is 13.2. The molecule has 0 radical (unpaired) electrons. The van der Waals surface area contributed by atoms with E-state index >= 15 is 0 Å². The van der Waals surface area contributed by atoms with Crippen molar-refractivity contribution in [1.29, 1.82) is 0 Å². The third-order valence-corrected chi connectivity index (χ3v) is 7.72. The van der Waals surface area contributed by atoms with Gasteiger partial charge in [0.25, 0.3) is 0 Å². The van der Waals surface area contributed by atoms with Crippen molar-refractivity contribution in [2.24, 2.45) is 5.92 Å². The molecule has 0 aromatic carbocycles. The van der Waals surface area contributed by atoms with Gasteiger partial charge in [-0.05, 0) is 47.0 Å². The summed E-state index contributed by atoms with van der Waals surface area (Å²) in [5.41, 5.74) is -1.70. The molecule has 0 saturated carbocycles. The number of carbonyl (C=O) groups excluding carboxylic acids is 3. The average molecular weight is 596 g/mol. The van der Waals surface area contributed by atoms with Crippen molar-refractivity contribution in [3.8, 4) is 0 Å². The summed E-state index contributed by atoms with van der Waals surface area (Å²) in [6.07, 6.45) is -2.38. The van der Waals surface area contributed by atoms with Gasteiger partial charge in [0.1, 0.15) is 38.8 Å². The number of ether oxygens (including phenoxy) is 3. The predicted molar refractivity (Wildman–Crippen MR) is 137 cm³/mol. The molecule has 0 fully saturated rings. The summed E-state index contributed by atoms with van der Waals surface area (Å²) < 4.78 is 15.4. The molecule has 0 aliphatic carbocycles. The van der Waals surface area contributed by atoms with E-state index in [4.69, 9.17) is 37.4 Å². The number of aromatic nitrogens is 2. The van der Waals surface area contributed by atoms with Gasteiger partial charge in [0.2, 0.25) is 0 Å². The lowest BCUT2D eigenvalue weighted by molar-refractivity contribution is -0.171. The lowest BCUT2D eigenvalue weighted by atomic mass is 9.97. The van der Waals surface area contributed by atoms with E-state index < -0.39 is 58.7 Å². The second kappa shape index (κ2) is 11.9. The van der Waals surface area contributed by atoms with E-state index in [2.05, 4.69) is 9.97 Å². The Morgan fingerprint density at radius 2 is 1.62 bits per heavy atom. The molecule has 14 heteroatoms. The number of halogens is 2. The lowest BCUT2D eigenvalue weighted by Crippen LogP contribution is -2.37. The van der Waals surface area contributed by atoms with Crippen molar-refractivity contribution in [1.82, 2.24) is 9.97 Å². The van der Waals surface area contributed by atoms with E-state index in [1.807, 2.05) is 0 Å². The number of carbonyl (C=O) groups is 3. The highest BCUT2D eigenvalue weighted by Gasteiger charge is 2.39. The van der Waals surface area contributed by atoms with Crippen molar-refractivity contribution < 1.29 is 38.8 Å². The minimum Gasteiger partial charge on any atom is -0.458 e. The van der Waals surface area contributed by atoms with Crippen LogP contribution in [0.2, 0.25) is 0 Å². The van der Waals surface area contributed by atoms with Gasteiger partial charge in [0.15, 0.2) is 17.5 Å².